The summed E-state index contributed by atoms with van der Waals surface area (Å²) in [6.45, 7) is 2.61. The molecule has 0 radical (unpaired) electrons. The monoisotopic (exact) mass is 900 g/mol. The van der Waals surface area contributed by atoms with E-state index in [4.69, 9.17) is 13.8 Å². The number of hydrogen-bond acceptors (Lipinski definition) is 8. The minimum absolute atomic E-state index is 0.131. The zero-order valence-electron chi connectivity index (χ0n) is 39.7. The number of carboxylic acids is 1. The molecule has 0 rings (SSSR count). The molecule has 11 nitrogen and oxygen atoms in total. The predicted molar refractivity (Wildman–Crippen MR) is 254 cm³/mol. The molecule has 3 unspecified atom stereocenters. The van der Waals surface area contributed by atoms with E-state index in [0.717, 1.165) is 64.2 Å². The van der Waals surface area contributed by atoms with Crippen molar-refractivity contribution in [3.63, 3.8) is 0 Å². The first-order valence-corrected chi connectivity index (χ1v) is 26.9. The number of aliphatic carboxylic acids is 1. The SMILES string of the molecule is CCCCCC/C=C\C/C=C\CCCCCCCC(=O)NC(COP(=O)(O)OCC(O)COC(=O)CCCCCCCCCCCCCCCCCCCCCCCC)C(=O)O. The van der Waals surface area contributed by atoms with Gasteiger partial charge in [-0.3, -0.25) is 18.6 Å². The Morgan fingerprint density at radius 3 is 1.32 bits per heavy atom. The normalized spacial score (nSPS) is 13.7. The van der Waals surface area contributed by atoms with E-state index in [-0.39, 0.29) is 12.8 Å². The van der Waals surface area contributed by atoms with Crippen LogP contribution in [0.2, 0.25) is 0 Å². The van der Waals surface area contributed by atoms with Crippen molar-refractivity contribution in [2.24, 2.45) is 0 Å². The number of rotatable bonds is 48. The van der Waals surface area contributed by atoms with Crippen molar-refractivity contribution >= 4 is 25.7 Å². The van der Waals surface area contributed by atoms with Crippen LogP contribution in [0.4, 0.5) is 0 Å². The molecule has 0 saturated carbocycles. The number of aliphatic hydroxyl groups is 1. The van der Waals surface area contributed by atoms with E-state index in [1.54, 1.807) is 0 Å². The Kier molecular flexibility index (Phi) is 44.0. The Bertz CT molecular complexity index is 1150. The average molecular weight is 900 g/mol. The Balaban J connectivity index is 3.80. The molecule has 62 heavy (non-hydrogen) atoms. The molecule has 0 aliphatic heterocycles. The van der Waals surface area contributed by atoms with Crippen LogP contribution in [0.5, 0.6) is 0 Å². The highest BCUT2D eigenvalue weighted by Crippen LogP contribution is 2.43. The van der Waals surface area contributed by atoms with Crippen LogP contribution in [0.1, 0.15) is 245 Å². The molecule has 0 spiro atoms. The van der Waals surface area contributed by atoms with Crippen molar-refractivity contribution in [2.45, 2.75) is 257 Å². The molecule has 0 bridgehead atoms. The number of carbonyl (C=O) groups excluding carboxylic acids is 2. The van der Waals surface area contributed by atoms with E-state index in [2.05, 4.69) is 43.5 Å². The number of hydrogen-bond donors (Lipinski definition) is 4. The zero-order valence-corrected chi connectivity index (χ0v) is 40.6. The molecule has 1 amide bonds. The van der Waals surface area contributed by atoms with Crippen molar-refractivity contribution in [3.05, 3.63) is 24.3 Å². The van der Waals surface area contributed by atoms with Gasteiger partial charge in [0.1, 0.15) is 12.7 Å². The van der Waals surface area contributed by atoms with Gasteiger partial charge < -0.3 is 25.2 Å². The number of unbranched alkanes of at least 4 members (excludes halogenated alkanes) is 30. The van der Waals surface area contributed by atoms with Gasteiger partial charge in [-0.15, -0.1) is 0 Å². The third-order valence-corrected chi connectivity index (χ3v) is 12.2. The van der Waals surface area contributed by atoms with Crippen LogP contribution in [0.15, 0.2) is 24.3 Å². The minimum Gasteiger partial charge on any atom is -0.480 e. The first-order valence-electron chi connectivity index (χ1n) is 25.4. The smallest absolute Gasteiger partial charge is 0.472 e. The van der Waals surface area contributed by atoms with Gasteiger partial charge in [0.2, 0.25) is 5.91 Å². The first-order chi connectivity index (χ1) is 30.1. The zero-order chi connectivity index (χ0) is 45.6. The molecular formula is C50H94NO10P. The largest absolute Gasteiger partial charge is 0.480 e. The highest BCUT2D eigenvalue weighted by Gasteiger charge is 2.28. The minimum atomic E-state index is -4.76. The van der Waals surface area contributed by atoms with Gasteiger partial charge >= 0.3 is 19.8 Å². The van der Waals surface area contributed by atoms with Crippen LogP contribution >= 0.6 is 7.82 Å². The molecule has 0 aliphatic rings. The molecule has 0 heterocycles. The van der Waals surface area contributed by atoms with Crippen LogP contribution in [-0.4, -0.2) is 64.9 Å². The Hall–Kier alpha value is -2.04. The number of phosphoric ester groups is 1. The maximum absolute atomic E-state index is 12.3. The van der Waals surface area contributed by atoms with Crippen LogP contribution < -0.4 is 5.32 Å². The lowest BCUT2D eigenvalue weighted by molar-refractivity contribution is -0.147. The van der Waals surface area contributed by atoms with E-state index in [9.17, 15) is 34.1 Å². The number of allylic oxidation sites excluding steroid dienone is 4. The van der Waals surface area contributed by atoms with Gasteiger partial charge in [-0.05, 0) is 44.9 Å². The summed E-state index contributed by atoms with van der Waals surface area (Å²) in [5, 5.41) is 21.9. The second-order valence-corrected chi connectivity index (χ2v) is 18.8. The number of carbonyl (C=O) groups is 3. The highest BCUT2D eigenvalue weighted by molar-refractivity contribution is 7.47. The Morgan fingerprint density at radius 2 is 0.887 bits per heavy atom. The molecule has 0 aliphatic carbocycles. The Morgan fingerprint density at radius 1 is 0.516 bits per heavy atom. The van der Waals surface area contributed by atoms with Crippen molar-refractivity contribution in [1.82, 2.24) is 5.32 Å². The number of carboxylic acid groups (broad SMARTS) is 1. The van der Waals surface area contributed by atoms with Gasteiger partial charge in [-0.2, -0.15) is 0 Å². The lowest BCUT2D eigenvalue weighted by Gasteiger charge is -2.18. The van der Waals surface area contributed by atoms with Crippen molar-refractivity contribution < 1.29 is 47.8 Å². The molecule has 0 aromatic rings. The van der Waals surface area contributed by atoms with E-state index in [1.807, 2.05) is 0 Å². The summed E-state index contributed by atoms with van der Waals surface area (Å²) in [6, 6.07) is -1.55. The number of phosphoric acid groups is 1. The summed E-state index contributed by atoms with van der Waals surface area (Å²) in [5.41, 5.74) is 0. The fraction of sp³-hybridized carbons (Fsp3) is 0.860. The fourth-order valence-electron chi connectivity index (χ4n) is 7.29. The number of aliphatic hydroxyl groups excluding tert-OH is 1. The van der Waals surface area contributed by atoms with Crippen LogP contribution in [0.3, 0.4) is 0 Å². The predicted octanol–water partition coefficient (Wildman–Crippen LogP) is 13.8. The summed E-state index contributed by atoms with van der Waals surface area (Å²) >= 11 is 0. The highest BCUT2D eigenvalue weighted by atomic mass is 31.2. The van der Waals surface area contributed by atoms with Crippen molar-refractivity contribution in [1.29, 1.82) is 0 Å². The number of amides is 1. The lowest BCUT2D eigenvalue weighted by Crippen LogP contribution is -2.43. The van der Waals surface area contributed by atoms with Crippen molar-refractivity contribution in [2.75, 3.05) is 19.8 Å². The standard InChI is InChI=1S/C50H94NO10P/c1-3-5-7-9-11-13-15-17-19-21-22-23-24-25-26-28-30-32-34-36-38-40-42-49(54)59-43-46(52)44-60-62(57,58)61-45-47(50(55)56)51-48(53)41-39-37-35-33-31-29-27-20-18-16-14-12-10-8-6-4-2/h14,16,20,27,46-47,52H,3-13,15,17-19,21-26,28-45H2,1-2H3,(H,51,53)(H,55,56)(H,57,58)/b16-14-,27-20-. The van der Waals surface area contributed by atoms with Gasteiger partial charge in [-0.1, -0.05) is 212 Å². The number of esters is 1. The average Bonchev–Trinajstić information content (AvgIpc) is 3.25. The molecule has 0 aromatic heterocycles. The molecule has 3 atom stereocenters. The van der Waals surface area contributed by atoms with Gasteiger partial charge in [0.15, 0.2) is 6.04 Å². The molecule has 0 fully saturated rings. The van der Waals surface area contributed by atoms with E-state index >= 15 is 0 Å². The quantitative estimate of drug-likeness (QED) is 0.0200. The number of ether oxygens (including phenoxy) is 1. The van der Waals surface area contributed by atoms with Crippen LogP contribution in [0, 0.1) is 0 Å². The second-order valence-electron chi connectivity index (χ2n) is 17.4. The topological polar surface area (TPSA) is 169 Å². The van der Waals surface area contributed by atoms with Crippen LogP contribution in [-0.2, 0) is 32.7 Å². The van der Waals surface area contributed by atoms with E-state index in [1.165, 1.54) is 141 Å². The number of nitrogens with one attached hydrogen (secondary N) is 1. The summed E-state index contributed by atoms with van der Waals surface area (Å²) in [4.78, 5) is 46.1. The van der Waals surface area contributed by atoms with Crippen LogP contribution in [0.25, 0.3) is 0 Å². The molecule has 4 N–H and O–H groups in total. The van der Waals surface area contributed by atoms with Crippen molar-refractivity contribution in [3.8, 4) is 0 Å². The van der Waals surface area contributed by atoms with Gasteiger partial charge in [-0.25, -0.2) is 9.36 Å². The van der Waals surface area contributed by atoms with E-state index < -0.39 is 57.6 Å². The third kappa shape index (κ3) is 44.6. The Labute approximate surface area is 379 Å². The molecule has 12 heteroatoms. The molecular weight excluding hydrogens is 806 g/mol. The van der Waals surface area contributed by atoms with Gasteiger partial charge in [0.05, 0.1) is 13.2 Å². The maximum Gasteiger partial charge on any atom is 0.472 e. The third-order valence-electron chi connectivity index (χ3n) is 11.2. The maximum atomic E-state index is 12.3. The molecule has 0 aromatic carbocycles. The summed E-state index contributed by atoms with van der Waals surface area (Å²) in [7, 11) is -4.76. The first kappa shape index (κ1) is 60.0. The second kappa shape index (κ2) is 45.5. The molecule has 364 valence electrons. The van der Waals surface area contributed by atoms with Gasteiger partial charge in [0, 0.05) is 12.8 Å². The molecule has 0 saturated heterocycles. The van der Waals surface area contributed by atoms with E-state index in [0.29, 0.717) is 12.8 Å². The lowest BCUT2D eigenvalue weighted by atomic mass is 10.0. The summed E-state index contributed by atoms with van der Waals surface area (Å²) < 4.78 is 26.9. The summed E-state index contributed by atoms with van der Waals surface area (Å²) in [6.07, 6.45) is 49.2. The fourth-order valence-corrected chi connectivity index (χ4v) is 8.06. The summed E-state index contributed by atoms with van der Waals surface area (Å²) in [5.74, 6) is -2.38. The van der Waals surface area contributed by atoms with Gasteiger partial charge in [0.25, 0.3) is 0 Å².